The van der Waals surface area contributed by atoms with Crippen molar-refractivity contribution < 1.29 is 24.2 Å². The Morgan fingerprint density at radius 3 is 2.51 bits per heavy atom. The van der Waals surface area contributed by atoms with Crippen molar-refractivity contribution >= 4 is 40.9 Å². The number of aliphatic hydroxyl groups excluding tert-OH is 1. The Kier molecular flexibility index (Phi) is 9.77. The van der Waals surface area contributed by atoms with Gasteiger partial charge in [0.15, 0.2) is 11.8 Å². The van der Waals surface area contributed by atoms with Crippen LogP contribution in [0.3, 0.4) is 0 Å². The highest BCUT2D eigenvalue weighted by Crippen LogP contribution is 2.38. The van der Waals surface area contributed by atoms with Crippen LogP contribution < -0.4 is 20.9 Å². The first-order chi connectivity index (χ1) is 17.7. The van der Waals surface area contributed by atoms with Gasteiger partial charge in [-0.15, -0.1) is 0 Å². The third kappa shape index (κ3) is 7.62. The number of anilines is 1. The summed E-state index contributed by atoms with van der Waals surface area (Å²) < 4.78 is 10.6. The van der Waals surface area contributed by atoms with Gasteiger partial charge in [-0.1, -0.05) is 53.5 Å². The zero-order valence-electron chi connectivity index (χ0n) is 20.0. The highest BCUT2D eigenvalue weighted by molar-refractivity contribution is 6.37. The number of halogens is 2. The predicted octanol–water partition coefficient (Wildman–Crippen LogP) is 4.08. The van der Waals surface area contributed by atoms with Crippen LogP contribution in [0.25, 0.3) is 0 Å². The second-order valence-corrected chi connectivity index (χ2v) is 8.68. The molecule has 12 heteroatoms. The van der Waals surface area contributed by atoms with Gasteiger partial charge in [-0.3, -0.25) is 10.1 Å². The normalized spacial score (nSPS) is 15.6. The average Bonchev–Trinajstić information content (AvgIpc) is 2.85. The molecule has 0 saturated heterocycles. The minimum absolute atomic E-state index is 0.0747. The van der Waals surface area contributed by atoms with Crippen molar-refractivity contribution in [1.29, 1.82) is 5.26 Å². The zero-order valence-corrected chi connectivity index (χ0v) is 21.5. The standard InChI is InChI=1S/C25H25Cl2N5O5/c1-3-36-25(35)29-23(33)21(12-28)31-30-17-10-19(26)22(20(27)11-17)37-18-9-15(2)24(34)32(14-18)13-16-7-5-4-6-8-16/h4-11,14,21,24,30-31,34H,3,13H2,1-2H3,(H,29,33,35). The Balaban J connectivity index is 1.69. The van der Waals surface area contributed by atoms with Crippen molar-refractivity contribution in [2.45, 2.75) is 32.7 Å². The molecule has 2 aromatic carbocycles. The maximum Gasteiger partial charge on any atom is 0.413 e. The van der Waals surface area contributed by atoms with Gasteiger partial charge < -0.3 is 24.9 Å². The quantitative estimate of drug-likeness (QED) is 0.343. The molecule has 10 nitrogen and oxygen atoms in total. The number of nitrogens with one attached hydrogen (secondary N) is 3. The summed E-state index contributed by atoms with van der Waals surface area (Å²) in [5, 5.41) is 22.1. The summed E-state index contributed by atoms with van der Waals surface area (Å²) in [6.07, 6.45) is 1.58. The topological polar surface area (TPSA) is 136 Å². The molecule has 4 N–H and O–H groups in total. The summed E-state index contributed by atoms with van der Waals surface area (Å²) >= 11 is 12.8. The molecule has 2 atom stereocenters. The summed E-state index contributed by atoms with van der Waals surface area (Å²) in [6.45, 7) is 3.90. The van der Waals surface area contributed by atoms with E-state index in [-0.39, 0.29) is 22.4 Å². The van der Waals surface area contributed by atoms with Gasteiger partial charge in [-0.25, -0.2) is 10.2 Å². The summed E-state index contributed by atoms with van der Waals surface area (Å²) in [7, 11) is 0. The number of ether oxygens (including phenoxy) is 2. The van der Waals surface area contributed by atoms with Crippen molar-refractivity contribution in [3.05, 3.63) is 81.7 Å². The lowest BCUT2D eigenvalue weighted by Crippen LogP contribution is -2.47. The number of carbonyl (C=O) groups is 2. The molecule has 2 unspecified atom stereocenters. The van der Waals surface area contributed by atoms with Crippen LogP contribution in [0.4, 0.5) is 10.5 Å². The third-order valence-corrected chi connectivity index (χ3v) is 5.62. The van der Waals surface area contributed by atoms with Crippen LogP contribution >= 0.6 is 23.2 Å². The lowest BCUT2D eigenvalue weighted by molar-refractivity contribution is -0.121. The maximum atomic E-state index is 12.0. The molecule has 1 aliphatic heterocycles. The molecule has 1 heterocycles. The van der Waals surface area contributed by atoms with E-state index in [0.29, 0.717) is 23.6 Å². The highest BCUT2D eigenvalue weighted by atomic mass is 35.5. The number of nitrogens with zero attached hydrogens (tertiary/aromatic N) is 2. The molecule has 0 aromatic heterocycles. The van der Waals surface area contributed by atoms with Gasteiger partial charge >= 0.3 is 6.09 Å². The van der Waals surface area contributed by atoms with Crippen LogP contribution in [0.2, 0.25) is 10.0 Å². The number of amides is 2. The van der Waals surface area contributed by atoms with Crippen molar-refractivity contribution in [3.63, 3.8) is 0 Å². The lowest BCUT2D eigenvalue weighted by Gasteiger charge is -2.31. The number of hydrogen-bond donors (Lipinski definition) is 4. The van der Waals surface area contributed by atoms with Crippen LogP contribution in [0, 0.1) is 11.3 Å². The van der Waals surface area contributed by atoms with Gasteiger partial charge in [-0.2, -0.15) is 5.26 Å². The van der Waals surface area contributed by atoms with Crippen LogP contribution in [-0.2, 0) is 16.1 Å². The Labute approximate surface area is 224 Å². The maximum absolute atomic E-state index is 12.0. The van der Waals surface area contributed by atoms with E-state index in [1.165, 1.54) is 12.1 Å². The fourth-order valence-corrected chi connectivity index (χ4v) is 3.88. The minimum Gasteiger partial charge on any atom is -0.453 e. The molecule has 194 valence electrons. The van der Waals surface area contributed by atoms with Gasteiger partial charge in [0.2, 0.25) is 0 Å². The highest BCUT2D eigenvalue weighted by Gasteiger charge is 2.23. The van der Waals surface area contributed by atoms with E-state index in [2.05, 4.69) is 15.6 Å². The van der Waals surface area contributed by atoms with E-state index < -0.39 is 24.3 Å². The molecule has 0 fully saturated rings. The number of nitriles is 1. The Morgan fingerprint density at radius 2 is 1.89 bits per heavy atom. The minimum atomic E-state index is -1.42. The summed E-state index contributed by atoms with van der Waals surface area (Å²) in [6, 6.07) is 12.9. The molecule has 1 aliphatic rings. The molecule has 2 amide bonds. The first-order valence-electron chi connectivity index (χ1n) is 11.1. The van der Waals surface area contributed by atoms with Crippen LogP contribution in [0.15, 0.2) is 66.1 Å². The zero-order chi connectivity index (χ0) is 26.9. The molecule has 0 spiro atoms. The van der Waals surface area contributed by atoms with Crippen LogP contribution in [0.1, 0.15) is 19.4 Å². The summed E-state index contributed by atoms with van der Waals surface area (Å²) in [5.74, 6) is -0.307. The number of benzene rings is 2. The molecule has 3 rings (SSSR count). The fourth-order valence-electron chi connectivity index (χ4n) is 3.31. The Bertz CT molecular complexity index is 1220. The van der Waals surface area contributed by atoms with E-state index >= 15 is 0 Å². The van der Waals surface area contributed by atoms with Gasteiger partial charge in [0.05, 0.1) is 28.4 Å². The van der Waals surface area contributed by atoms with E-state index in [1.54, 1.807) is 37.1 Å². The first-order valence-corrected chi connectivity index (χ1v) is 11.9. The van der Waals surface area contributed by atoms with Gasteiger partial charge in [-0.05, 0) is 43.2 Å². The summed E-state index contributed by atoms with van der Waals surface area (Å²) in [4.78, 5) is 25.2. The summed E-state index contributed by atoms with van der Waals surface area (Å²) in [5.41, 5.74) is 7.16. The van der Waals surface area contributed by atoms with Crippen LogP contribution in [-0.4, -0.2) is 40.9 Å². The smallest absolute Gasteiger partial charge is 0.413 e. The predicted molar refractivity (Wildman–Crippen MR) is 138 cm³/mol. The monoisotopic (exact) mass is 545 g/mol. The molecular formula is C25H25Cl2N5O5. The number of alkyl carbamates (subject to hydrolysis) is 1. The SMILES string of the molecule is CCOC(=O)NC(=O)C(C#N)NNc1cc(Cl)c(OC2=CN(Cc3ccccc3)C(O)C(C)=C2)c(Cl)c1. The van der Waals surface area contributed by atoms with E-state index in [9.17, 15) is 20.0 Å². The number of hydrazine groups is 1. The van der Waals surface area contributed by atoms with Crippen molar-refractivity contribution in [2.24, 2.45) is 0 Å². The number of carbonyl (C=O) groups excluding carboxylic acids is 2. The van der Waals surface area contributed by atoms with Crippen molar-refractivity contribution in [2.75, 3.05) is 12.0 Å². The van der Waals surface area contributed by atoms with E-state index in [4.69, 9.17) is 27.9 Å². The van der Waals surface area contributed by atoms with E-state index in [1.807, 2.05) is 35.6 Å². The molecule has 0 radical (unpaired) electrons. The van der Waals surface area contributed by atoms with Crippen molar-refractivity contribution in [3.8, 4) is 11.8 Å². The van der Waals surface area contributed by atoms with E-state index in [0.717, 1.165) is 5.56 Å². The number of allylic oxidation sites excluding steroid dienone is 1. The van der Waals surface area contributed by atoms with Gasteiger partial charge in [0.1, 0.15) is 12.0 Å². The number of rotatable bonds is 9. The van der Waals surface area contributed by atoms with Crippen LogP contribution in [0.5, 0.6) is 5.75 Å². The van der Waals surface area contributed by atoms with Gasteiger partial charge in [0.25, 0.3) is 5.91 Å². The Hall–Kier alpha value is -3.75. The molecular weight excluding hydrogens is 521 g/mol. The average molecular weight is 546 g/mol. The third-order valence-electron chi connectivity index (χ3n) is 5.06. The number of hydrogen-bond acceptors (Lipinski definition) is 9. The van der Waals surface area contributed by atoms with Crippen molar-refractivity contribution in [1.82, 2.24) is 15.6 Å². The largest absolute Gasteiger partial charge is 0.453 e. The molecule has 0 saturated carbocycles. The molecule has 2 aromatic rings. The Morgan fingerprint density at radius 1 is 1.22 bits per heavy atom. The second kappa shape index (κ2) is 13.0. The molecule has 37 heavy (non-hydrogen) atoms. The lowest BCUT2D eigenvalue weighted by atomic mass is 10.1. The number of aliphatic hydroxyl groups is 1. The fraction of sp³-hybridized carbons (Fsp3) is 0.240. The number of imide groups is 1. The molecule has 0 bridgehead atoms. The van der Waals surface area contributed by atoms with Gasteiger partial charge in [0, 0.05) is 12.7 Å². The first kappa shape index (κ1) is 27.8. The second-order valence-electron chi connectivity index (χ2n) is 7.86. The molecule has 0 aliphatic carbocycles.